The number of rotatable bonds is 16. The largest absolute Gasteiger partial charge is 0.497 e. The van der Waals surface area contributed by atoms with E-state index in [2.05, 4.69) is 38.5 Å². The average molecular weight is 1920 g/mol. The standard InChI is InChI=1S/C15H16FNO3.C15H14N2O5.2C14H14FNO3.C14H12N2O5.C14H12N2O4.C14H14N2O3/c1-9-3-4-10(15(19)17-9)7-14(18)12-6-5-11(20-2)8-13(12)16;1-16-12(18)6-5-11(15(16)21)17-13(19)9-4-3-8(22-2)7-10(9)14(17)20;2*1-8-2-4-10(11(15)6-8)12(17)7-9-3-5-13(18)16-14(9)19;1-21-7-2-3-8-9(6-7)14(20)16(13(8)19)10-4-5-11(17)15-12(10)18;1-7-2-3-8-9(6-7)14(20)16(13(8)19)10-4-5-11(17)15-12(10)18;1-8-2-3-10-9(6-8)7-16(14(10)19)11-4-5-12(17)15-13(11)18/h5-6,8,10H,1,3-4,7H2,2H3,(H,17,19);3-4,7,11H,5-6H2,1-2H3;2*2,4,6,9H,3,5,7H2,1H3,(H,16,18,19);2-3,6,10H,4-5H2,1H3,(H,15,17,18);2-3,6,10H,4-5H2,1H3,(H,15,17,18);2-3,6,11H,4-5,7H2,1H3,(H,15,17,18)/t10-;;2*9-;;;/m1.11.../s1. The van der Waals surface area contributed by atoms with Gasteiger partial charge >= 0.3 is 0 Å². The topological polar surface area (TPSA) is 509 Å². The zero-order valence-electron chi connectivity index (χ0n) is 77.1. The number of ether oxygens (including phenoxy) is 3. The second kappa shape index (κ2) is 44.2. The van der Waals surface area contributed by atoms with Crippen LogP contribution in [0.15, 0.2) is 140 Å². The molecule has 0 aromatic heterocycles. The minimum absolute atomic E-state index is 0.00234. The van der Waals surface area contributed by atoms with Crippen molar-refractivity contribution in [3.8, 4) is 17.2 Å². The van der Waals surface area contributed by atoms with Crippen molar-refractivity contribution < 1.29 is 138 Å². The summed E-state index contributed by atoms with van der Waals surface area (Å²) in [5.74, 6) is -11.6. The molecular formula is C100H96F3N11O26. The zero-order chi connectivity index (χ0) is 102. The van der Waals surface area contributed by atoms with E-state index in [1.54, 1.807) is 67.3 Å². The van der Waals surface area contributed by atoms with Gasteiger partial charge in [0.2, 0.25) is 70.9 Å². The normalized spacial score (nSPS) is 20.6. The van der Waals surface area contributed by atoms with Crippen LogP contribution in [0.4, 0.5) is 13.2 Å². The number of allylic oxidation sites excluding steroid dienone is 1. The molecule has 140 heavy (non-hydrogen) atoms. The summed E-state index contributed by atoms with van der Waals surface area (Å²) < 4.78 is 56.0. The van der Waals surface area contributed by atoms with Gasteiger partial charge in [-0.25, -0.2) is 13.2 Å². The lowest BCUT2D eigenvalue weighted by Crippen LogP contribution is -2.54. The SMILES string of the molecule is C=C1CC[C@H](CC(=O)c2ccc(OC)cc2F)C(=O)N1.COc1ccc2c(c1)C(=O)N(C1CCC(=O)N(C)C1=O)C2=O.COc1ccc2c(c1)C(=O)N(C1CCC(=O)NC1=O)C2=O.Cc1ccc(C(=O)C[C@H]2CCC(=O)NC2=O)c(F)c1.Cc1ccc(C(=O)C[C@H]2CCC(=O)NC2=O)c(F)c1.Cc1ccc2c(c1)C(=O)N(C1CCC(=O)NC1=O)C2=O.Cc1ccc2c(c1)CN(C1CCC(=O)NC1=O)C2=O. The number of methoxy groups -OCH3 is 3. The number of carbonyl (C=O) groups excluding carboxylic acids is 23. The van der Waals surface area contributed by atoms with Crippen LogP contribution in [0.1, 0.15) is 241 Å². The highest BCUT2D eigenvalue weighted by molar-refractivity contribution is 6.26. The second-order valence-electron chi connectivity index (χ2n) is 34.5. The van der Waals surface area contributed by atoms with Crippen molar-refractivity contribution in [2.45, 2.75) is 168 Å². The van der Waals surface area contributed by atoms with Crippen molar-refractivity contribution in [1.29, 1.82) is 0 Å². The van der Waals surface area contributed by atoms with Crippen molar-refractivity contribution in [2.75, 3.05) is 28.4 Å². The molecule has 40 heteroatoms. The van der Waals surface area contributed by atoms with Crippen LogP contribution in [-0.4, -0.2) is 213 Å². The van der Waals surface area contributed by atoms with Gasteiger partial charge in [-0.05, 0) is 187 Å². The molecule has 7 aromatic carbocycles. The molecule has 0 saturated carbocycles. The number of likely N-dealkylation sites (tertiary alicyclic amines) is 1. The van der Waals surface area contributed by atoms with Gasteiger partial charge in [-0.1, -0.05) is 48.0 Å². The molecule has 37 nitrogen and oxygen atoms in total. The Hall–Kier alpha value is -16.3. The van der Waals surface area contributed by atoms with Gasteiger partial charge in [-0.15, -0.1) is 0 Å². The summed E-state index contributed by atoms with van der Waals surface area (Å²) in [6.07, 6.45) is 3.73. The predicted molar refractivity (Wildman–Crippen MR) is 483 cm³/mol. The molecule has 20 amide bonds. The maximum Gasteiger partial charge on any atom is 0.262 e. The van der Waals surface area contributed by atoms with Crippen molar-refractivity contribution in [2.24, 2.45) is 17.8 Å². The summed E-state index contributed by atoms with van der Waals surface area (Å²) in [6, 6.07) is 29.3. The molecule has 4 unspecified atom stereocenters. The van der Waals surface area contributed by atoms with E-state index in [4.69, 9.17) is 14.2 Å². The quantitative estimate of drug-likeness (QED) is 0.0399. The lowest BCUT2D eigenvalue weighted by atomic mass is 9.90. The van der Waals surface area contributed by atoms with Crippen molar-refractivity contribution in [3.63, 3.8) is 0 Å². The highest BCUT2D eigenvalue weighted by atomic mass is 19.1. The molecular weight excluding hydrogens is 1830 g/mol. The van der Waals surface area contributed by atoms with Crippen molar-refractivity contribution >= 4 is 135 Å². The Labute approximate surface area is 797 Å². The molecule has 11 aliphatic heterocycles. The van der Waals surface area contributed by atoms with Gasteiger partial charge in [0.05, 0.1) is 71.4 Å². The Balaban J connectivity index is 0.000000146. The number of halogens is 3. The Morgan fingerprint density at radius 2 is 0.636 bits per heavy atom. The molecule has 6 N–H and O–H groups in total. The van der Waals surface area contributed by atoms with Gasteiger partial charge in [0.25, 0.3) is 47.3 Å². The fraction of sp³-hybridized carbons (Fsp3) is 0.330. The van der Waals surface area contributed by atoms with Crippen LogP contribution in [0.5, 0.6) is 17.2 Å². The Kier molecular flexibility index (Phi) is 32.4. The molecule has 7 saturated heterocycles. The van der Waals surface area contributed by atoms with Gasteiger partial charge in [0.1, 0.15) is 58.9 Å². The number of Topliss-reactive ketones (excluding diaryl/α,β-unsaturated/α-hetero) is 3. The molecule has 0 spiro atoms. The first-order valence-electron chi connectivity index (χ1n) is 44.4. The third-order valence-electron chi connectivity index (χ3n) is 24.8. The van der Waals surface area contributed by atoms with Crippen LogP contribution in [-0.2, 0) is 68.9 Å². The first kappa shape index (κ1) is 103. The summed E-state index contributed by atoms with van der Waals surface area (Å²) in [7, 11) is 5.71. The van der Waals surface area contributed by atoms with Gasteiger partial charge in [-0.2, -0.15) is 0 Å². The van der Waals surface area contributed by atoms with Crippen LogP contribution in [0.2, 0.25) is 0 Å². The van der Waals surface area contributed by atoms with E-state index in [0.29, 0.717) is 78.3 Å². The summed E-state index contributed by atoms with van der Waals surface area (Å²) >= 11 is 0. The molecule has 0 aliphatic carbocycles. The van der Waals surface area contributed by atoms with E-state index in [-0.39, 0.29) is 169 Å². The summed E-state index contributed by atoms with van der Waals surface area (Å²) in [6.45, 7) is 11.4. The first-order chi connectivity index (χ1) is 66.5. The number of amides is 20. The van der Waals surface area contributed by atoms with Crippen molar-refractivity contribution in [1.82, 2.24) is 56.4 Å². The van der Waals surface area contributed by atoms with Gasteiger partial charge < -0.3 is 24.4 Å². The van der Waals surface area contributed by atoms with E-state index in [1.165, 1.54) is 89.0 Å². The van der Waals surface area contributed by atoms with Gasteiger partial charge in [0.15, 0.2) is 17.3 Å². The third-order valence-corrected chi connectivity index (χ3v) is 24.8. The van der Waals surface area contributed by atoms with Gasteiger partial charge in [-0.3, -0.25) is 156 Å². The Bertz CT molecular complexity index is 6360. The highest BCUT2D eigenvalue weighted by Crippen LogP contribution is 2.36. The number of aryl methyl sites for hydroxylation is 4. The number of fused-ring (bicyclic) bond motifs is 4. The Morgan fingerprint density at radius 1 is 0.329 bits per heavy atom. The van der Waals surface area contributed by atoms with Crippen LogP contribution in [0.25, 0.3) is 0 Å². The van der Waals surface area contributed by atoms with Crippen LogP contribution < -0.4 is 46.1 Å². The van der Waals surface area contributed by atoms with E-state index in [9.17, 15) is 123 Å². The van der Waals surface area contributed by atoms with Crippen molar-refractivity contribution in [3.05, 3.63) is 241 Å². The average Bonchev–Trinajstić information content (AvgIpc) is 1.60. The first-order valence-corrected chi connectivity index (χ1v) is 44.4. The molecule has 18 rings (SSSR count). The molecule has 7 fully saturated rings. The fourth-order valence-corrected chi connectivity index (χ4v) is 17.1. The molecule has 11 aliphatic rings. The maximum atomic E-state index is 13.8. The van der Waals surface area contributed by atoms with Crippen LogP contribution >= 0.6 is 0 Å². The summed E-state index contributed by atoms with van der Waals surface area (Å²) in [5, 5.41) is 13.6. The van der Waals surface area contributed by atoms with E-state index < -0.39 is 142 Å². The fourth-order valence-electron chi connectivity index (χ4n) is 17.1. The smallest absolute Gasteiger partial charge is 0.262 e. The summed E-state index contributed by atoms with van der Waals surface area (Å²) in [4.78, 5) is 277. The molecule has 7 atom stereocenters. The molecule has 728 valence electrons. The van der Waals surface area contributed by atoms with Gasteiger partial charge in [0, 0.05) is 106 Å². The number of benzene rings is 7. The lowest BCUT2D eigenvalue weighted by molar-refractivity contribution is -0.150. The predicted octanol–water partition coefficient (Wildman–Crippen LogP) is 7.65. The molecule has 7 aromatic rings. The molecule has 0 bridgehead atoms. The second-order valence-corrected chi connectivity index (χ2v) is 34.5. The van der Waals surface area contributed by atoms with Crippen LogP contribution in [0, 0.1) is 62.9 Å². The number of carbonyl (C=O) groups is 23. The zero-order valence-corrected chi connectivity index (χ0v) is 77.1. The number of nitrogens with zero attached hydrogens (tertiary/aromatic N) is 5. The van der Waals surface area contributed by atoms with E-state index >= 15 is 0 Å². The minimum atomic E-state index is -0.943. The third kappa shape index (κ3) is 23.3. The number of likely N-dealkylation sites (N-methyl/N-ethyl adjacent to an activating group) is 1. The van der Waals surface area contributed by atoms with Crippen LogP contribution in [0.3, 0.4) is 0 Å². The number of imide groups is 9. The minimum Gasteiger partial charge on any atom is -0.497 e. The van der Waals surface area contributed by atoms with E-state index in [0.717, 1.165) is 53.5 Å². The summed E-state index contributed by atoms with van der Waals surface area (Å²) in [5.41, 5.74) is 7.24. The highest BCUT2D eigenvalue weighted by Gasteiger charge is 2.50. The Morgan fingerprint density at radius 3 is 1.03 bits per heavy atom. The van der Waals surface area contributed by atoms with E-state index in [1.807, 2.05) is 26.0 Å². The molecule has 11 heterocycles. The lowest BCUT2D eigenvalue weighted by Gasteiger charge is -2.32. The number of nitrogens with one attached hydrogen (secondary N) is 6. The number of hydrogen-bond donors (Lipinski definition) is 6. The number of ketones is 3. The maximum absolute atomic E-state index is 13.8. The molecule has 0 radical (unpaired) electrons. The number of hydrogen-bond acceptors (Lipinski definition) is 26. The monoisotopic (exact) mass is 1920 g/mol. The number of piperidine rings is 7.